The fraction of sp³-hybridized carbons (Fsp3) is 0.600. The number of hydrogen-bond acceptors (Lipinski definition) is 10. The first-order valence-electron chi connectivity index (χ1n) is 17.0. The maximum Gasteiger partial charge on any atom is 0.238 e. The van der Waals surface area contributed by atoms with E-state index in [2.05, 4.69) is 10.1 Å². The second-order valence-corrected chi connectivity index (χ2v) is 14.5. The fourth-order valence-electron chi connectivity index (χ4n) is 6.60. The number of carbonyl (C=O) groups is 3. The summed E-state index contributed by atoms with van der Waals surface area (Å²) >= 11 is 7.74. The van der Waals surface area contributed by atoms with Crippen LogP contribution in [0.25, 0.3) is 0 Å². The molecule has 2 aromatic heterocycles. The Morgan fingerprint density at radius 2 is 1.89 bits per heavy atom. The van der Waals surface area contributed by atoms with Gasteiger partial charge in [0.25, 0.3) is 0 Å². The number of aromatic nitrogens is 3. The number of nitrogens with zero attached hydrogens (tertiary/aromatic N) is 4. The number of benzene rings is 1. The Morgan fingerprint density at radius 3 is 2.60 bits per heavy atom. The molecule has 0 bridgehead atoms. The van der Waals surface area contributed by atoms with Gasteiger partial charge in [-0.15, -0.1) is 11.3 Å². The van der Waals surface area contributed by atoms with Crippen LogP contribution < -0.4 is 5.73 Å². The van der Waals surface area contributed by atoms with E-state index in [-0.39, 0.29) is 48.8 Å². The number of ketones is 2. The standard InChI is InChI=1S/C35H46ClN5O5S/c1-3-31-39-34(40-46-31)33(44)25(11-7-8-16-37)17-30(42)29-18-27(45-21-23-12-14-26(36)15-13-23)20-41(29)32(43)19-28-22(2)47-35(38-28)24-9-5-4-6-10-24/h12-15,24-25,27,29H,3-11,16-21,37H2,1-2H3/t25-,27-,29+/m1/s1. The van der Waals surface area contributed by atoms with Gasteiger partial charge in [0.05, 0.1) is 35.9 Å². The van der Waals surface area contributed by atoms with E-state index in [4.69, 9.17) is 31.6 Å². The van der Waals surface area contributed by atoms with E-state index >= 15 is 0 Å². The Labute approximate surface area is 285 Å². The number of amides is 1. The molecule has 2 N–H and O–H groups in total. The molecular weight excluding hydrogens is 638 g/mol. The third-order valence-corrected chi connectivity index (χ3v) is 10.8. The molecule has 1 aromatic carbocycles. The predicted octanol–water partition coefficient (Wildman–Crippen LogP) is 6.41. The summed E-state index contributed by atoms with van der Waals surface area (Å²) in [6, 6.07) is 6.71. The molecule has 2 aliphatic rings. The first kappa shape index (κ1) is 35.3. The van der Waals surface area contributed by atoms with E-state index in [1.54, 1.807) is 16.2 Å². The average molecular weight is 684 g/mol. The largest absolute Gasteiger partial charge is 0.372 e. The molecule has 0 radical (unpaired) electrons. The first-order valence-corrected chi connectivity index (χ1v) is 18.2. The van der Waals surface area contributed by atoms with Crippen LogP contribution in [0.4, 0.5) is 0 Å². The lowest BCUT2D eigenvalue weighted by Crippen LogP contribution is -2.42. The van der Waals surface area contributed by atoms with Gasteiger partial charge in [-0.3, -0.25) is 14.4 Å². The number of thiazole rings is 1. The Hall–Kier alpha value is -2.99. The van der Waals surface area contributed by atoms with Gasteiger partial charge < -0.3 is 19.9 Å². The third-order valence-electron chi connectivity index (χ3n) is 9.35. The van der Waals surface area contributed by atoms with Crippen LogP contribution in [0.5, 0.6) is 0 Å². The van der Waals surface area contributed by atoms with Crippen LogP contribution in [0.15, 0.2) is 28.8 Å². The van der Waals surface area contributed by atoms with Crippen molar-refractivity contribution in [2.45, 2.75) is 116 Å². The zero-order valence-corrected chi connectivity index (χ0v) is 29.0. The minimum Gasteiger partial charge on any atom is -0.372 e. The maximum absolute atomic E-state index is 14.1. The topological polar surface area (TPSA) is 142 Å². The number of likely N-dealkylation sites (tertiary alicyclic amines) is 1. The van der Waals surface area contributed by atoms with Gasteiger partial charge in [0.2, 0.25) is 23.4 Å². The summed E-state index contributed by atoms with van der Waals surface area (Å²) in [6.07, 6.45) is 8.50. The molecule has 0 spiro atoms. The Kier molecular flexibility index (Phi) is 12.7. The van der Waals surface area contributed by atoms with Crippen molar-refractivity contribution in [1.29, 1.82) is 0 Å². The number of carbonyl (C=O) groups excluding carboxylic acids is 3. The van der Waals surface area contributed by atoms with Gasteiger partial charge in [-0.2, -0.15) is 4.98 Å². The highest BCUT2D eigenvalue weighted by Gasteiger charge is 2.41. The number of ether oxygens (including phenoxy) is 1. The quantitative estimate of drug-likeness (QED) is 0.134. The molecule has 3 aromatic rings. The van der Waals surface area contributed by atoms with Crippen LogP contribution in [0, 0.1) is 12.8 Å². The highest BCUT2D eigenvalue weighted by Crippen LogP contribution is 2.36. The zero-order valence-electron chi connectivity index (χ0n) is 27.4. The van der Waals surface area contributed by atoms with Crippen LogP contribution in [-0.2, 0) is 33.8 Å². The minimum absolute atomic E-state index is 0.0105. The second kappa shape index (κ2) is 16.9. The van der Waals surface area contributed by atoms with E-state index in [9.17, 15) is 14.4 Å². The molecule has 1 aliphatic carbocycles. The Balaban J connectivity index is 1.32. The highest BCUT2D eigenvalue weighted by atomic mass is 35.5. The number of rotatable bonds is 16. The second-order valence-electron chi connectivity index (χ2n) is 12.8. The minimum atomic E-state index is -0.712. The number of Topliss-reactive ketones (excluding diaryl/α,β-unsaturated/α-hetero) is 2. The number of hydrogen-bond donors (Lipinski definition) is 1. The molecule has 10 nitrogen and oxygen atoms in total. The predicted molar refractivity (Wildman–Crippen MR) is 181 cm³/mol. The third kappa shape index (κ3) is 9.34. The SMILES string of the molecule is CCc1nc(C(=O)[C@H](CCCCN)CC(=O)[C@@H]2C[C@@H](OCc3ccc(Cl)cc3)CN2C(=O)Cc2nc(C3CCCCC3)sc2C)no1. The molecule has 3 atom stereocenters. The molecule has 5 rings (SSSR count). The number of aryl methyl sites for hydroxylation is 2. The molecule has 1 saturated carbocycles. The monoisotopic (exact) mass is 683 g/mol. The van der Waals surface area contributed by atoms with Crippen LogP contribution in [0.2, 0.25) is 5.02 Å². The molecular formula is C35H46ClN5O5S. The molecule has 47 heavy (non-hydrogen) atoms. The first-order chi connectivity index (χ1) is 22.7. The summed E-state index contributed by atoms with van der Waals surface area (Å²) in [7, 11) is 0. The number of nitrogens with two attached hydrogens (primary N) is 1. The van der Waals surface area contributed by atoms with E-state index in [0.717, 1.165) is 40.4 Å². The lowest BCUT2D eigenvalue weighted by molar-refractivity contribution is -0.137. The van der Waals surface area contributed by atoms with Gasteiger partial charge in [0.15, 0.2) is 5.78 Å². The van der Waals surface area contributed by atoms with E-state index in [1.165, 1.54) is 19.3 Å². The van der Waals surface area contributed by atoms with Crippen molar-refractivity contribution in [3.8, 4) is 0 Å². The van der Waals surface area contributed by atoms with E-state index in [0.29, 0.717) is 55.7 Å². The Morgan fingerprint density at radius 1 is 1.13 bits per heavy atom. The molecule has 1 amide bonds. The molecule has 0 unspecified atom stereocenters. The highest BCUT2D eigenvalue weighted by molar-refractivity contribution is 7.11. The lowest BCUT2D eigenvalue weighted by atomic mass is 9.89. The maximum atomic E-state index is 14.1. The molecule has 2 fully saturated rings. The average Bonchev–Trinajstić information content (AvgIpc) is 3.83. The van der Waals surface area contributed by atoms with Crippen molar-refractivity contribution in [2.24, 2.45) is 11.7 Å². The van der Waals surface area contributed by atoms with Gasteiger partial charge in [0, 0.05) is 47.5 Å². The van der Waals surface area contributed by atoms with Gasteiger partial charge in [-0.25, -0.2) is 4.98 Å². The van der Waals surface area contributed by atoms with Gasteiger partial charge in [-0.1, -0.05) is 61.5 Å². The van der Waals surface area contributed by atoms with Crippen molar-refractivity contribution in [3.63, 3.8) is 0 Å². The number of unbranched alkanes of at least 4 members (excludes halogenated alkanes) is 1. The normalized spacial score (nSPS) is 19.3. The van der Waals surface area contributed by atoms with Crippen molar-refractivity contribution < 1.29 is 23.6 Å². The van der Waals surface area contributed by atoms with Gasteiger partial charge in [0.1, 0.15) is 0 Å². The summed E-state index contributed by atoms with van der Waals surface area (Å²) in [5.74, 6) is -0.453. The van der Waals surface area contributed by atoms with Crippen LogP contribution in [0.3, 0.4) is 0 Å². The van der Waals surface area contributed by atoms with E-state index in [1.807, 2.05) is 38.1 Å². The lowest BCUT2D eigenvalue weighted by Gasteiger charge is -2.25. The Bertz CT molecular complexity index is 1500. The van der Waals surface area contributed by atoms with Crippen molar-refractivity contribution in [1.82, 2.24) is 20.0 Å². The molecule has 3 heterocycles. The van der Waals surface area contributed by atoms with Crippen molar-refractivity contribution in [2.75, 3.05) is 13.1 Å². The zero-order chi connectivity index (χ0) is 33.3. The molecule has 254 valence electrons. The molecule has 12 heteroatoms. The van der Waals surface area contributed by atoms with Crippen LogP contribution >= 0.6 is 22.9 Å². The fourth-order valence-corrected chi connectivity index (χ4v) is 7.83. The summed E-state index contributed by atoms with van der Waals surface area (Å²) in [6.45, 7) is 5.01. The molecule has 1 aliphatic heterocycles. The van der Waals surface area contributed by atoms with Gasteiger partial charge >= 0.3 is 0 Å². The number of halogens is 1. The smallest absolute Gasteiger partial charge is 0.238 e. The molecule has 1 saturated heterocycles. The summed E-state index contributed by atoms with van der Waals surface area (Å²) in [4.78, 5) is 53.4. The summed E-state index contributed by atoms with van der Waals surface area (Å²) in [5.41, 5.74) is 7.47. The van der Waals surface area contributed by atoms with Crippen molar-refractivity contribution >= 4 is 40.4 Å². The van der Waals surface area contributed by atoms with Crippen LogP contribution in [0.1, 0.15) is 115 Å². The van der Waals surface area contributed by atoms with Crippen LogP contribution in [-0.4, -0.2) is 62.7 Å². The van der Waals surface area contributed by atoms with Crippen molar-refractivity contribution in [3.05, 3.63) is 62.1 Å². The summed E-state index contributed by atoms with van der Waals surface area (Å²) in [5, 5.41) is 5.64. The summed E-state index contributed by atoms with van der Waals surface area (Å²) < 4.78 is 11.4. The van der Waals surface area contributed by atoms with Gasteiger partial charge in [-0.05, 0) is 56.8 Å². The van der Waals surface area contributed by atoms with E-state index < -0.39 is 12.0 Å².